The standard InChI is InChI=1S/C8H15N3O2S/c1-6-7(2)10-11(8(6)9)4-5-14(3,12)13/h4-5,9H2,1-3H3. The first kappa shape index (κ1) is 11.0. The van der Waals surface area contributed by atoms with Crippen molar-refractivity contribution in [3.63, 3.8) is 0 Å². The van der Waals surface area contributed by atoms with Crippen LogP contribution >= 0.6 is 0 Å². The molecule has 1 aromatic heterocycles. The average molecular weight is 217 g/mol. The number of hydrogen-bond acceptors (Lipinski definition) is 4. The predicted octanol–water partition coefficient (Wildman–Crippen LogP) is 0.127. The van der Waals surface area contributed by atoms with Crippen LogP contribution in [-0.4, -0.2) is 30.2 Å². The zero-order chi connectivity index (χ0) is 10.9. The number of hydrogen-bond donors (Lipinski definition) is 1. The summed E-state index contributed by atoms with van der Waals surface area (Å²) < 4.78 is 23.4. The Kier molecular flexibility index (Phi) is 2.84. The van der Waals surface area contributed by atoms with Crippen LogP contribution in [0.2, 0.25) is 0 Å². The normalized spacial score (nSPS) is 11.9. The maximum Gasteiger partial charge on any atom is 0.149 e. The number of anilines is 1. The van der Waals surface area contributed by atoms with E-state index in [9.17, 15) is 8.42 Å². The topological polar surface area (TPSA) is 78.0 Å². The van der Waals surface area contributed by atoms with E-state index in [1.54, 1.807) is 0 Å². The second-order valence-electron chi connectivity index (χ2n) is 3.45. The minimum Gasteiger partial charge on any atom is -0.384 e. The Morgan fingerprint density at radius 1 is 1.43 bits per heavy atom. The molecule has 1 heterocycles. The van der Waals surface area contributed by atoms with Gasteiger partial charge in [-0.25, -0.2) is 13.1 Å². The SMILES string of the molecule is Cc1nn(CCS(C)(=O)=O)c(N)c1C. The summed E-state index contributed by atoms with van der Waals surface area (Å²) in [5.41, 5.74) is 7.50. The van der Waals surface area contributed by atoms with Crippen molar-refractivity contribution in [1.82, 2.24) is 9.78 Å². The van der Waals surface area contributed by atoms with Crippen molar-refractivity contribution >= 4 is 15.7 Å². The molecule has 0 atom stereocenters. The molecule has 0 saturated carbocycles. The molecule has 0 spiro atoms. The Bertz CT molecular complexity index is 434. The molecule has 0 aliphatic heterocycles. The predicted molar refractivity (Wildman–Crippen MR) is 55.8 cm³/mol. The number of aryl methyl sites for hydroxylation is 2. The quantitative estimate of drug-likeness (QED) is 0.780. The van der Waals surface area contributed by atoms with Crippen molar-refractivity contribution < 1.29 is 8.42 Å². The van der Waals surface area contributed by atoms with Gasteiger partial charge in [-0.05, 0) is 13.8 Å². The second-order valence-corrected chi connectivity index (χ2v) is 5.71. The van der Waals surface area contributed by atoms with Crippen LogP contribution in [0, 0.1) is 13.8 Å². The lowest BCUT2D eigenvalue weighted by Gasteiger charge is -2.02. The lowest BCUT2D eigenvalue weighted by Crippen LogP contribution is -2.14. The number of aromatic nitrogens is 2. The van der Waals surface area contributed by atoms with Gasteiger partial charge in [-0.1, -0.05) is 0 Å². The molecule has 5 nitrogen and oxygen atoms in total. The fourth-order valence-corrected chi connectivity index (χ4v) is 1.62. The number of sulfone groups is 1. The third kappa shape index (κ3) is 2.47. The molecule has 1 aromatic rings. The zero-order valence-corrected chi connectivity index (χ0v) is 9.43. The van der Waals surface area contributed by atoms with Gasteiger partial charge in [-0.3, -0.25) is 0 Å². The first-order valence-corrected chi connectivity index (χ1v) is 6.34. The van der Waals surface area contributed by atoms with E-state index in [0.29, 0.717) is 12.4 Å². The number of nitrogen functional groups attached to an aromatic ring is 1. The lowest BCUT2D eigenvalue weighted by atomic mass is 10.3. The van der Waals surface area contributed by atoms with Gasteiger partial charge in [0.25, 0.3) is 0 Å². The molecule has 6 heteroatoms. The van der Waals surface area contributed by atoms with E-state index in [1.807, 2.05) is 13.8 Å². The van der Waals surface area contributed by atoms with Crippen molar-refractivity contribution in [2.75, 3.05) is 17.7 Å². The minimum absolute atomic E-state index is 0.0672. The van der Waals surface area contributed by atoms with Crippen LogP contribution in [0.4, 0.5) is 5.82 Å². The summed E-state index contributed by atoms with van der Waals surface area (Å²) in [5, 5.41) is 4.14. The zero-order valence-electron chi connectivity index (χ0n) is 8.61. The van der Waals surface area contributed by atoms with E-state index in [1.165, 1.54) is 10.9 Å². The smallest absolute Gasteiger partial charge is 0.149 e. The summed E-state index contributed by atoms with van der Waals surface area (Å²) in [6, 6.07) is 0. The number of nitrogens with two attached hydrogens (primary N) is 1. The molecule has 0 bridgehead atoms. The van der Waals surface area contributed by atoms with Crippen molar-refractivity contribution in [1.29, 1.82) is 0 Å². The largest absolute Gasteiger partial charge is 0.384 e. The van der Waals surface area contributed by atoms with Crippen LogP contribution in [0.3, 0.4) is 0 Å². The summed E-state index contributed by atoms with van der Waals surface area (Å²) in [4.78, 5) is 0. The van der Waals surface area contributed by atoms with E-state index in [0.717, 1.165) is 11.3 Å². The maximum absolute atomic E-state index is 10.9. The summed E-state index contributed by atoms with van der Waals surface area (Å²) >= 11 is 0. The third-order valence-electron chi connectivity index (χ3n) is 2.15. The van der Waals surface area contributed by atoms with Gasteiger partial charge in [0.1, 0.15) is 15.7 Å². The number of nitrogens with zero attached hydrogens (tertiary/aromatic N) is 2. The van der Waals surface area contributed by atoms with Gasteiger partial charge in [0.05, 0.1) is 18.0 Å². The Morgan fingerprint density at radius 3 is 2.36 bits per heavy atom. The Morgan fingerprint density at radius 2 is 2.00 bits per heavy atom. The molecular weight excluding hydrogens is 202 g/mol. The third-order valence-corrected chi connectivity index (χ3v) is 3.07. The molecule has 2 N–H and O–H groups in total. The van der Waals surface area contributed by atoms with Gasteiger partial charge in [0.2, 0.25) is 0 Å². The lowest BCUT2D eigenvalue weighted by molar-refractivity contribution is 0.587. The monoisotopic (exact) mass is 217 g/mol. The van der Waals surface area contributed by atoms with E-state index >= 15 is 0 Å². The fraction of sp³-hybridized carbons (Fsp3) is 0.625. The molecule has 0 aromatic carbocycles. The highest BCUT2D eigenvalue weighted by atomic mass is 32.2. The average Bonchev–Trinajstić information content (AvgIpc) is 2.28. The van der Waals surface area contributed by atoms with Crippen LogP contribution in [0.15, 0.2) is 0 Å². The molecule has 80 valence electrons. The summed E-state index contributed by atoms with van der Waals surface area (Å²) in [5.74, 6) is 0.615. The first-order valence-electron chi connectivity index (χ1n) is 4.28. The Hall–Kier alpha value is -1.04. The van der Waals surface area contributed by atoms with Gasteiger partial charge in [0, 0.05) is 11.8 Å². The van der Waals surface area contributed by atoms with Crippen LogP contribution in [0.25, 0.3) is 0 Å². The van der Waals surface area contributed by atoms with E-state index in [-0.39, 0.29) is 5.75 Å². The van der Waals surface area contributed by atoms with Gasteiger partial charge in [-0.2, -0.15) is 5.10 Å². The van der Waals surface area contributed by atoms with Gasteiger partial charge >= 0.3 is 0 Å². The van der Waals surface area contributed by atoms with Crippen molar-refractivity contribution in [2.24, 2.45) is 0 Å². The molecule has 0 amide bonds. The molecule has 0 saturated heterocycles. The molecule has 0 aliphatic carbocycles. The maximum atomic E-state index is 10.9. The molecule has 0 fully saturated rings. The summed E-state index contributed by atoms with van der Waals surface area (Å²) in [6.45, 7) is 4.04. The van der Waals surface area contributed by atoms with Crippen LogP contribution in [0.1, 0.15) is 11.3 Å². The highest BCUT2D eigenvalue weighted by Gasteiger charge is 2.09. The first-order chi connectivity index (χ1) is 6.31. The highest BCUT2D eigenvalue weighted by Crippen LogP contribution is 2.13. The summed E-state index contributed by atoms with van der Waals surface area (Å²) in [7, 11) is -2.96. The Balaban J connectivity index is 2.83. The van der Waals surface area contributed by atoms with Gasteiger partial charge in [-0.15, -0.1) is 0 Å². The van der Waals surface area contributed by atoms with E-state index < -0.39 is 9.84 Å². The molecule has 0 aliphatic rings. The molecular formula is C8H15N3O2S. The van der Waals surface area contributed by atoms with Gasteiger partial charge in [0.15, 0.2) is 0 Å². The van der Waals surface area contributed by atoms with Crippen LogP contribution in [0.5, 0.6) is 0 Å². The van der Waals surface area contributed by atoms with Crippen molar-refractivity contribution in [3.05, 3.63) is 11.3 Å². The fourth-order valence-electron chi connectivity index (χ4n) is 1.11. The van der Waals surface area contributed by atoms with E-state index in [2.05, 4.69) is 5.10 Å². The van der Waals surface area contributed by atoms with Crippen LogP contribution in [-0.2, 0) is 16.4 Å². The minimum atomic E-state index is -2.96. The van der Waals surface area contributed by atoms with Gasteiger partial charge < -0.3 is 5.73 Å². The molecule has 1 rings (SSSR count). The van der Waals surface area contributed by atoms with E-state index in [4.69, 9.17) is 5.73 Å². The van der Waals surface area contributed by atoms with Crippen molar-refractivity contribution in [3.8, 4) is 0 Å². The van der Waals surface area contributed by atoms with Crippen LogP contribution < -0.4 is 5.73 Å². The molecule has 0 unspecified atom stereocenters. The van der Waals surface area contributed by atoms with Crippen molar-refractivity contribution in [2.45, 2.75) is 20.4 Å². The summed E-state index contributed by atoms with van der Waals surface area (Å²) in [6.07, 6.45) is 1.20. The Labute approximate surface area is 83.8 Å². The second kappa shape index (κ2) is 3.61. The molecule has 0 radical (unpaired) electrons. The number of rotatable bonds is 3. The highest BCUT2D eigenvalue weighted by molar-refractivity contribution is 7.90. The molecule has 14 heavy (non-hydrogen) atoms.